The lowest BCUT2D eigenvalue weighted by molar-refractivity contribution is 0.145. The molecule has 4 aromatic rings. The molecule has 9 heteroatoms. The summed E-state index contributed by atoms with van der Waals surface area (Å²) in [6, 6.07) is 3.48. The Labute approximate surface area is 152 Å². The van der Waals surface area contributed by atoms with Crippen LogP contribution in [0.5, 0.6) is 0 Å². The van der Waals surface area contributed by atoms with Gasteiger partial charge in [0.25, 0.3) is 6.43 Å². The van der Waals surface area contributed by atoms with Crippen LogP contribution in [0, 0.1) is 0 Å². The number of fused-ring (bicyclic) bond motifs is 2. The molecule has 0 aliphatic rings. The van der Waals surface area contributed by atoms with Gasteiger partial charge in [0.2, 0.25) is 5.95 Å². The summed E-state index contributed by atoms with van der Waals surface area (Å²) >= 11 is 0. The van der Waals surface area contributed by atoms with E-state index in [4.69, 9.17) is 0 Å². The Morgan fingerprint density at radius 3 is 2.78 bits per heavy atom. The first-order chi connectivity index (χ1) is 12.8. The van der Waals surface area contributed by atoms with Crippen LogP contribution in [0.25, 0.3) is 27.8 Å². The van der Waals surface area contributed by atoms with Crippen molar-refractivity contribution in [3.05, 3.63) is 42.6 Å². The predicted molar refractivity (Wildman–Crippen MR) is 96.7 cm³/mol. The second-order valence-corrected chi connectivity index (χ2v) is 6.86. The van der Waals surface area contributed by atoms with Crippen molar-refractivity contribution in [1.82, 2.24) is 24.3 Å². The van der Waals surface area contributed by atoms with Gasteiger partial charge in [0.15, 0.2) is 0 Å². The van der Waals surface area contributed by atoms with Gasteiger partial charge in [-0.1, -0.05) is 0 Å². The molecule has 0 amide bonds. The van der Waals surface area contributed by atoms with Gasteiger partial charge in [0.05, 0.1) is 12.7 Å². The highest BCUT2D eigenvalue weighted by Crippen LogP contribution is 2.29. The lowest BCUT2D eigenvalue weighted by Gasteiger charge is -2.14. The summed E-state index contributed by atoms with van der Waals surface area (Å²) in [5.41, 5.74) is 0.968. The van der Waals surface area contributed by atoms with Crippen molar-refractivity contribution in [2.75, 3.05) is 11.9 Å². The molecular weight excluding hydrogens is 357 g/mol. The minimum Gasteiger partial charge on any atom is -0.351 e. The Hall–Kier alpha value is -3.10. The molecule has 0 saturated carbocycles. The van der Waals surface area contributed by atoms with Gasteiger partial charge in [-0.3, -0.25) is 4.40 Å². The number of aromatic nitrogens is 5. The van der Waals surface area contributed by atoms with E-state index in [0.717, 1.165) is 16.5 Å². The summed E-state index contributed by atoms with van der Waals surface area (Å²) in [7, 11) is 0. The fraction of sp³-hybridized carbons (Fsp3) is 0.278. The summed E-state index contributed by atoms with van der Waals surface area (Å²) < 4.78 is 41.3. The maximum atomic E-state index is 13.6. The molecule has 0 bridgehead atoms. The first-order valence-electron chi connectivity index (χ1n) is 8.34. The number of imidazole rings is 1. The first-order valence-corrected chi connectivity index (χ1v) is 8.34. The molecule has 0 radical (unpaired) electrons. The number of nitrogens with one attached hydrogen (secondary N) is 2. The number of H-pyrrole nitrogens is 1. The van der Waals surface area contributed by atoms with E-state index >= 15 is 0 Å². The Balaban J connectivity index is 1.72. The highest BCUT2D eigenvalue weighted by Gasteiger charge is 2.17. The molecule has 0 saturated heterocycles. The maximum Gasteiger partial charge on any atom is 0.280 e. The van der Waals surface area contributed by atoms with Crippen molar-refractivity contribution in [2.24, 2.45) is 0 Å². The number of pyridine rings is 1. The fourth-order valence-electron chi connectivity index (χ4n) is 2.84. The molecule has 0 aromatic carbocycles. The van der Waals surface area contributed by atoms with Crippen molar-refractivity contribution in [3.63, 3.8) is 0 Å². The number of hydrogen-bond acceptors (Lipinski definition) is 4. The van der Waals surface area contributed by atoms with Gasteiger partial charge in [-0.2, -0.15) is 4.98 Å². The normalized spacial score (nSPS) is 12.4. The largest absolute Gasteiger partial charge is 0.351 e. The molecule has 27 heavy (non-hydrogen) atoms. The van der Waals surface area contributed by atoms with Crippen LogP contribution >= 0.6 is 0 Å². The van der Waals surface area contributed by atoms with Gasteiger partial charge in [-0.05, 0) is 26.0 Å². The van der Waals surface area contributed by atoms with E-state index in [1.165, 1.54) is 24.4 Å². The van der Waals surface area contributed by atoms with Crippen LogP contribution in [0.3, 0.4) is 0 Å². The van der Waals surface area contributed by atoms with Gasteiger partial charge in [-0.15, -0.1) is 0 Å². The molecule has 0 spiro atoms. The van der Waals surface area contributed by atoms with Crippen LogP contribution in [0.2, 0.25) is 0 Å². The summed E-state index contributed by atoms with van der Waals surface area (Å²) in [5, 5.41) is 3.59. The van der Waals surface area contributed by atoms with Crippen molar-refractivity contribution >= 4 is 22.6 Å². The Kier molecular flexibility index (Phi) is 4.01. The van der Waals surface area contributed by atoms with E-state index in [1.54, 1.807) is 30.7 Å². The molecule has 4 heterocycles. The molecular formula is C18H17F3N6. The molecule has 0 fully saturated rings. The summed E-state index contributed by atoms with van der Waals surface area (Å²) in [6.07, 6.45) is 3.53. The van der Waals surface area contributed by atoms with E-state index in [-0.39, 0.29) is 12.2 Å². The molecule has 0 unspecified atom stereocenters. The van der Waals surface area contributed by atoms with E-state index in [9.17, 15) is 13.2 Å². The minimum atomic E-state index is -2.62. The van der Waals surface area contributed by atoms with E-state index in [0.29, 0.717) is 17.2 Å². The topological polar surface area (TPSA) is 70.9 Å². The summed E-state index contributed by atoms with van der Waals surface area (Å²) in [5.74, 6) is 0.312. The zero-order chi connectivity index (χ0) is 19.2. The Morgan fingerprint density at radius 2 is 2.04 bits per heavy atom. The molecule has 4 rings (SSSR count). The summed E-state index contributed by atoms with van der Waals surface area (Å²) in [4.78, 5) is 15.6. The zero-order valence-electron chi connectivity index (χ0n) is 14.7. The quantitative estimate of drug-likeness (QED) is 0.544. The van der Waals surface area contributed by atoms with Gasteiger partial charge >= 0.3 is 0 Å². The molecule has 4 aromatic heterocycles. The van der Waals surface area contributed by atoms with Crippen molar-refractivity contribution in [1.29, 1.82) is 0 Å². The minimum absolute atomic E-state index is 0.0831. The number of nitrogens with zero attached hydrogens (tertiary/aromatic N) is 4. The smallest absolute Gasteiger partial charge is 0.280 e. The number of hydrogen-bond donors (Lipinski definition) is 2. The average Bonchev–Trinajstić information content (AvgIpc) is 3.22. The third-order valence-electron chi connectivity index (χ3n) is 4.17. The first kappa shape index (κ1) is 17.3. The number of anilines is 1. The SMILES string of the molecule is CC(C)(F)CNc1ncc2c(-c3ccc4ncc(C(F)F)n4c3)c[nH]c2n1. The monoisotopic (exact) mass is 374 g/mol. The van der Waals surface area contributed by atoms with Crippen LogP contribution < -0.4 is 5.32 Å². The fourth-order valence-corrected chi connectivity index (χ4v) is 2.84. The molecule has 0 aliphatic carbocycles. The molecule has 140 valence electrons. The van der Waals surface area contributed by atoms with Gasteiger partial charge < -0.3 is 10.3 Å². The Morgan fingerprint density at radius 1 is 1.22 bits per heavy atom. The molecule has 0 aliphatic heterocycles. The second kappa shape index (κ2) is 6.26. The summed E-state index contributed by atoms with van der Waals surface area (Å²) in [6.45, 7) is 3.01. The average molecular weight is 374 g/mol. The van der Waals surface area contributed by atoms with Crippen LogP contribution in [-0.2, 0) is 0 Å². The van der Waals surface area contributed by atoms with Crippen molar-refractivity contribution < 1.29 is 13.2 Å². The van der Waals surface area contributed by atoms with Gasteiger partial charge in [0, 0.05) is 35.1 Å². The van der Waals surface area contributed by atoms with Crippen LogP contribution in [0.4, 0.5) is 19.1 Å². The van der Waals surface area contributed by atoms with Crippen molar-refractivity contribution in [2.45, 2.75) is 25.9 Å². The maximum absolute atomic E-state index is 13.6. The van der Waals surface area contributed by atoms with E-state index < -0.39 is 12.1 Å². The Bertz CT molecular complexity index is 1110. The van der Waals surface area contributed by atoms with E-state index in [1.807, 2.05) is 0 Å². The third-order valence-corrected chi connectivity index (χ3v) is 4.17. The number of rotatable bonds is 5. The van der Waals surface area contributed by atoms with Crippen LogP contribution in [0.15, 0.2) is 36.9 Å². The molecule has 2 N–H and O–H groups in total. The number of halogens is 3. The van der Waals surface area contributed by atoms with Crippen LogP contribution in [-0.4, -0.2) is 36.6 Å². The zero-order valence-corrected chi connectivity index (χ0v) is 14.7. The molecule has 6 nitrogen and oxygen atoms in total. The lowest BCUT2D eigenvalue weighted by Crippen LogP contribution is -2.25. The lowest BCUT2D eigenvalue weighted by atomic mass is 10.1. The predicted octanol–water partition coefficient (Wildman–Crippen LogP) is 4.37. The second-order valence-electron chi connectivity index (χ2n) is 6.86. The standard InChI is InChI=1S/C18H17F3N6/c1-18(2,21)9-25-17-24-6-12-11(5-23-16(12)26-17)10-3-4-14-22-7-13(15(19)20)27(14)8-10/h3-8,15H,9H2,1-2H3,(H2,23,24,25,26). The van der Waals surface area contributed by atoms with Gasteiger partial charge in [0.1, 0.15) is 22.7 Å². The van der Waals surface area contributed by atoms with Gasteiger partial charge in [-0.25, -0.2) is 23.1 Å². The number of aromatic amines is 1. The van der Waals surface area contributed by atoms with E-state index in [2.05, 4.69) is 25.3 Å². The highest BCUT2D eigenvalue weighted by atomic mass is 19.3. The highest BCUT2D eigenvalue weighted by molar-refractivity contribution is 5.93. The molecule has 0 atom stereocenters. The third kappa shape index (κ3) is 3.32. The van der Waals surface area contributed by atoms with Crippen molar-refractivity contribution in [3.8, 4) is 11.1 Å². The van der Waals surface area contributed by atoms with Crippen LogP contribution in [0.1, 0.15) is 26.0 Å². The number of alkyl halides is 3.